The standard InChI is InChI=1S/C16H27NO4Si2/c1-8-9(2)12(15(20)17-7-11(18)19)14(23-21-22)13(10(8)3)16(4,5)6/h7,23H2,1-6,22H3,(H,17,20)(H,18,19). The van der Waals surface area contributed by atoms with Gasteiger partial charge in [0.2, 0.25) is 0 Å². The molecule has 0 unspecified atom stereocenters. The third-order valence-electron chi connectivity index (χ3n) is 4.14. The first-order chi connectivity index (χ1) is 10.5. The number of hydrogen-bond donors (Lipinski definition) is 2. The SMILES string of the molecule is Cc1c(C)c(C(=O)NCC(=O)O)c([SiH2]O[SiH3])c(C(C)(C)C)c1C. The number of hydrogen-bond acceptors (Lipinski definition) is 3. The zero-order valence-corrected chi connectivity index (χ0v) is 18.5. The van der Waals surface area contributed by atoms with Crippen LogP contribution in [0.5, 0.6) is 0 Å². The predicted octanol–water partition coefficient (Wildman–Crippen LogP) is -0.270. The van der Waals surface area contributed by atoms with Gasteiger partial charge in [-0.3, -0.25) is 9.59 Å². The predicted molar refractivity (Wildman–Crippen MR) is 98.5 cm³/mol. The number of carbonyl (C=O) groups excluding carboxylic acids is 1. The lowest BCUT2D eigenvalue weighted by atomic mass is 9.79. The van der Waals surface area contributed by atoms with Gasteiger partial charge in [-0.25, -0.2) is 0 Å². The van der Waals surface area contributed by atoms with Gasteiger partial charge in [0, 0.05) is 5.56 Å². The molecule has 0 atom stereocenters. The molecule has 23 heavy (non-hydrogen) atoms. The molecule has 0 aliphatic heterocycles. The van der Waals surface area contributed by atoms with Crippen LogP contribution in [0, 0.1) is 20.8 Å². The van der Waals surface area contributed by atoms with Crippen molar-refractivity contribution in [1.82, 2.24) is 5.32 Å². The lowest BCUT2D eigenvalue weighted by molar-refractivity contribution is -0.135. The number of aliphatic carboxylic acids is 1. The summed E-state index contributed by atoms with van der Waals surface area (Å²) < 4.78 is 5.61. The second-order valence-corrected chi connectivity index (χ2v) is 10.2. The van der Waals surface area contributed by atoms with Crippen molar-refractivity contribution in [3.63, 3.8) is 0 Å². The summed E-state index contributed by atoms with van der Waals surface area (Å²) in [6.07, 6.45) is 0. The van der Waals surface area contributed by atoms with E-state index in [-0.39, 0.29) is 17.9 Å². The molecule has 0 saturated carbocycles. The highest BCUT2D eigenvalue weighted by Gasteiger charge is 2.28. The normalized spacial score (nSPS) is 12.1. The lowest BCUT2D eigenvalue weighted by Gasteiger charge is -2.30. The second kappa shape index (κ2) is 7.42. The molecular formula is C16H27NO4Si2. The number of nitrogens with one attached hydrogen (secondary N) is 1. The molecule has 1 rings (SSSR count). The average Bonchev–Trinajstić information content (AvgIpc) is 2.41. The number of benzene rings is 1. The first-order valence-electron chi connectivity index (χ1n) is 7.64. The molecule has 7 heteroatoms. The molecule has 0 fully saturated rings. The zero-order valence-electron chi connectivity index (χ0n) is 15.1. The van der Waals surface area contributed by atoms with Gasteiger partial charge < -0.3 is 14.5 Å². The third-order valence-corrected chi connectivity index (χ3v) is 6.29. The number of carboxylic acid groups (broad SMARTS) is 1. The fourth-order valence-electron chi connectivity index (χ4n) is 3.09. The first-order valence-corrected chi connectivity index (χ1v) is 9.74. The van der Waals surface area contributed by atoms with E-state index in [0.717, 1.165) is 16.3 Å². The number of carboxylic acids is 1. The summed E-state index contributed by atoms with van der Waals surface area (Å²) in [6, 6.07) is 0. The Morgan fingerprint density at radius 1 is 1.17 bits per heavy atom. The molecule has 5 nitrogen and oxygen atoms in total. The summed E-state index contributed by atoms with van der Waals surface area (Å²) in [5.41, 5.74) is 4.88. The molecular weight excluding hydrogens is 326 g/mol. The van der Waals surface area contributed by atoms with Crippen LogP contribution in [0.3, 0.4) is 0 Å². The van der Waals surface area contributed by atoms with Crippen LogP contribution in [0.2, 0.25) is 0 Å². The second-order valence-electron chi connectivity index (χ2n) is 6.86. The van der Waals surface area contributed by atoms with Crippen LogP contribution in [0.15, 0.2) is 0 Å². The van der Waals surface area contributed by atoms with Gasteiger partial charge in [0.05, 0.1) is 0 Å². The Morgan fingerprint density at radius 2 is 1.74 bits per heavy atom. The molecule has 2 N–H and O–H groups in total. The molecule has 1 aromatic rings. The van der Waals surface area contributed by atoms with E-state index in [1.807, 2.05) is 13.8 Å². The minimum absolute atomic E-state index is 0.104. The molecule has 0 radical (unpaired) electrons. The molecule has 0 spiro atoms. The average molecular weight is 354 g/mol. The Hall–Kier alpha value is -1.45. The van der Waals surface area contributed by atoms with Gasteiger partial charge in [-0.2, -0.15) is 0 Å². The van der Waals surface area contributed by atoms with Crippen molar-refractivity contribution in [2.24, 2.45) is 0 Å². The number of rotatable bonds is 5. The molecule has 1 aromatic carbocycles. The highest BCUT2D eigenvalue weighted by molar-refractivity contribution is 6.53. The van der Waals surface area contributed by atoms with E-state index < -0.39 is 15.7 Å². The minimum Gasteiger partial charge on any atom is -0.480 e. The Bertz CT molecular complexity index is 636. The summed E-state index contributed by atoms with van der Waals surface area (Å²) in [5, 5.41) is 12.3. The van der Waals surface area contributed by atoms with Gasteiger partial charge in [-0.15, -0.1) is 0 Å². The van der Waals surface area contributed by atoms with Crippen LogP contribution >= 0.6 is 0 Å². The summed E-state index contributed by atoms with van der Waals surface area (Å²) in [4.78, 5) is 23.4. The maximum absolute atomic E-state index is 12.6. The van der Waals surface area contributed by atoms with Gasteiger partial charge in [-0.1, -0.05) is 20.8 Å². The van der Waals surface area contributed by atoms with Crippen molar-refractivity contribution in [3.05, 3.63) is 27.8 Å². The van der Waals surface area contributed by atoms with E-state index in [0.29, 0.717) is 16.0 Å². The molecule has 1 amide bonds. The summed E-state index contributed by atoms with van der Waals surface area (Å²) in [7, 11) is -0.391. The summed E-state index contributed by atoms with van der Waals surface area (Å²) >= 11 is 0. The lowest BCUT2D eigenvalue weighted by Crippen LogP contribution is -2.40. The van der Waals surface area contributed by atoms with Crippen molar-refractivity contribution >= 4 is 37.3 Å². The Morgan fingerprint density at radius 3 is 2.17 bits per heavy atom. The Kier molecular flexibility index (Phi) is 6.32. The number of amides is 1. The largest absolute Gasteiger partial charge is 0.480 e. The topological polar surface area (TPSA) is 75.6 Å². The molecule has 0 aliphatic rings. The highest BCUT2D eigenvalue weighted by atomic mass is 28.3. The Labute approximate surface area is 143 Å². The van der Waals surface area contributed by atoms with Crippen LogP contribution < -0.4 is 10.5 Å². The fourth-order valence-corrected chi connectivity index (χ4v) is 5.75. The van der Waals surface area contributed by atoms with Crippen LogP contribution in [-0.4, -0.2) is 43.8 Å². The highest BCUT2D eigenvalue weighted by Crippen LogP contribution is 2.29. The Balaban J connectivity index is 3.63. The zero-order chi connectivity index (χ0) is 17.9. The van der Waals surface area contributed by atoms with E-state index in [1.165, 1.54) is 11.1 Å². The fraction of sp³-hybridized carbons (Fsp3) is 0.500. The molecule has 128 valence electrons. The van der Waals surface area contributed by atoms with Crippen LogP contribution in [0.1, 0.15) is 53.4 Å². The van der Waals surface area contributed by atoms with E-state index >= 15 is 0 Å². The smallest absolute Gasteiger partial charge is 0.322 e. The van der Waals surface area contributed by atoms with Gasteiger partial charge in [0.25, 0.3) is 5.91 Å². The van der Waals surface area contributed by atoms with E-state index in [2.05, 4.69) is 33.0 Å². The van der Waals surface area contributed by atoms with Gasteiger partial charge in [-0.05, 0) is 53.6 Å². The van der Waals surface area contributed by atoms with Crippen molar-refractivity contribution < 1.29 is 18.8 Å². The van der Waals surface area contributed by atoms with Gasteiger partial charge >= 0.3 is 5.97 Å². The summed E-state index contributed by atoms with van der Waals surface area (Å²) in [6.45, 7) is 12.1. The van der Waals surface area contributed by atoms with Gasteiger partial charge in [0.1, 0.15) is 17.0 Å². The van der Waals surface area contributed by atoms with Crippen LogP contribution in [0.4, 0.5) is 0 Å². The molecule has 0 aromatic heterocycles. The number of carbonyl (C=O) groups is 2. The van der Waals surface area contributed by atoms with Crippen molar-refractivity contribution in [1.29, 1.82) is 0 Å². The maximum atomic E-state index is 12.6. The van der Waals surface area contributed by atoms with E-state index in [9.17, 15) is 9.59 Å². The van der Waals surface area contributed by atoms with Gasteiger partial charge in [0.15, 0.2) is 9.76 Å². The molecule has 0 aliphatic carbocycles. The van der Waals surface area contributed by atoms with Crippen LogP contribution in [0.25, 0.3) is 0 Å². The van der Waals surface area contributed by atoms with Crippen molar-refractivity contribution in [3.8, 4) is 0 Å². The van der Waals surface area contributed by atoms with E-state index in [4.69, 9.17) is 9.22 Å². The summed E-state index contributed by atoms with van der Waals surface area (Å²) in [5.74, 6) is -1.37. The van der Waals surface area contributed by atoms with E-state index in [1.54, 1.807) is 0 Å². The minimum atomic E-state index is -1.05. The maximum Gasteiger partial charge on any atom is 0.322 e. The third kappa shape index (κ3) is 4.30. The molecule has 0 heterocycles. The molecule has 0 saturated heterocycles. The van der Waals surface area contributed by atoms with Crippen LogP contribution in [-0.2, 0) is 14.3 Å². The quantitative estimate of drug-likeness (QED) is 0.715. The van der Waals surface area contributed by atoms with Crippen molar-refractivity contribution in [2.45, 2.75) is 47.0 Å². The monoisotopic (exact) mass is 353 g/mol. The molecule has 0 bridgehead atoms. The first kappa shape index (κ1) is 19.6. The van der Waals surface area contributed by atoms with Crippen molar-refractivity contribution in [2.75, 3.05) is 6.54 Å².